The molecule has 0 radical (unpaired) electrons. The number of carbonyl (C=O) groups excluding carboxylic acids is 1. The molecule has 0 fully saturated rings. The maximum atomic E-state index is 9.63. The summed E-state index contributed by atoms with van der Waals surface area (Å²) in [4.78, 5) is 18.2. The first-order chi connectivity index (χ1) is 3.72. The number of hydrogen-bond donors (Lipinski definition) is 0. The number of aldehydes is 1. The van der Waals surface area contributed by atoms with Gasteiger partial charge in [-0.15, -0.1) is 0 Å². The van der Waals surface area contributed by atoms with Gasteiger partial charge in [0.05, 0.1) is 0 Å². The summed E-state index contributed by atoms with van der Waals surface area (Å²) in [5.41, 5.74) is 0. The molecule has 9 heavy (non-hydrogen) atoms. The molecule has 0 N–H and O–H groups in total. The van der Waals surface area contributed by atoms with Crippen LogP contribution >= 0.6 is 0 Å². The van der Waals surface area contributed by atoms with Gasteiger partial charge in [-0.25, -0.2) is 0 Å². The van der Waals surface area contributed by atoms with Crippen molar-refractivity contribution in [3.63, 3.8) is 0 Å². The second kappa shape index (κ2) is 6.15. The topological polar surface area (TPSA) is 83.3 Å². The van der Waals surface area contributed by atoms with Crippen LogP contribution in [-0.4, -0.2) is 23.9 Å². The minimum absolute atomic E-state index is 0. The van der Waals surface area contributed by atoms with Gasteiger partial charge in [0.15, 0.2) is 6.29 Å². The maximum Gasteiger partial charge on any atom is 1.00 e. The summed E-state index contributed by atoms with van der Waals surface area (Å²) in [5.74, 6) is 0. The number of hydrogen-bond acceptors (Lipinski definition) is 4. The van der Waals surface area contributed by atoms with Crippen LogP contribution < -0.4 is 34.7 Å². The predicted molar refractivity (Wildman–Crippen MR) is 21.7 cm³/mol. The summed E-state index contributed by atoms with van der Waals surface area (Å²) >= 11 is 0. The van der Waals surface area contributed by atoms with Gasteiger partial charge in [0, 0.05) is 4.92 Å². The molecule has 0 aromatic heterocycles. The van der Waals surface area contributed by atoms with Crippen LogP contribution in [-0.2, 0) is 4.79 Å². The Morgan fingerprint density at radius 2 is 2.11 bits per heavy atom. The summed E-state index contributed by atoms with van der Waals surface area (Å²) in [6.07, 6.45) is 0.0347. The molecule has 0 heterocycles. The molecule has 0 aromatic carbocycles. The van der Waals surface area contributed by atoms with Crippen LogP contribution in [0.5, 0.6) is 0 Å². The van der Waals surface area contributed by atoms with Gasteiger partial charge < -0.3 is 5.11 Å². The van der Waals surface area contributed by atoms with E-state index >= 15 is 0 Å². The van der Waals surface area contributed by atoms with E-state index in [2.05, 4.69) is 0 Å². The van der Waals surface area contributed by atoms with Gasteiger partial charge in [-0.1, -0.05) is 6.61 Å². The Labute approximate surface area is 73.5 Å². The molecule has 0 spiro atoms. The van der Waals surface area contributed by atoms with Gasteiger partial charge in [-0.05, 0) is 0 Å². The van der Waals surface area contributed by atoms with E-state index in [4.69, 9.17) is 0 Å². The molecule has 5 nitrogen and oxygen atoms in total. The van der Waals surface area contributed by atoms with Crippen molar-refractivity contribution in [3.05, 3.63) is 10.1 Å². The van der Waals surface area contributed by atoms with Crippen LogP contribution in [0.1, 0.15) is 0 Å². The second-order valence-electron chi connectivity index (χ2n) is 1.16. The first-order valence-corrected chi connectivity index (χ1v) is 1.89. The van der Waals surface area contributed by atoms with E-state index in [1.54, 1.807) is 0 Å². The Kier molecular flexibility index (Phi) is 8.06. The minimum Gasteiger partial charge on any atom is -0.849 e. The molecule has 0 bridgehead atoms. The fourth-order valence-electron chi connectivity index (χ4n) is 0.150. The second-order valence-corrected chi connectivity index (χ2v) is 1.16. The molecule has 46 valence electrons. The largest absolute Gasteiger partial charge is 1.00 e. The van der Waals surface area contributed by atoms with Crippen LogP contribution in [0.3, 0.4) is 0 Å². The minimum atomic E-state index is -1.56. The van der Waals surface area contributed by atoms with Gasteiger partial charge in [0.25, 0.3) is 6.04 Å². The SMILES string of the molecule is O=CC(C[O-])[N+](=O)[O-].[Na+]. The van der Waals surface area contributed by atoms with Crippen molar-refractivity contribution in [1.82, 2.24) is 0 Å². The first-order valence-electron chi connectivity index (χ1n) is 1.89. The van der Waals surface area contributed by atoms with E-state index in [1.807, 2.05) is 0 Å². The number of carbonyl (C=O) groups is 1. The molecule has 1 atom stereocenters. The van der Waals surface area contributed by atoms with Gasteiger partial charge in [0.2, 0.25) is 0 Å². The fraction of sp³-hybridized carbons (Fsp3) is 0.667. The summed E-state index contributed by atoms with van der Waals surface area (Å²) in [6.45, 7) is -0.976. The van der Waals surface area contributed by atoms with Crippen molar-refractivity contribution < 1.29 is 44.4 Å². The van der Waals surface area contributed by atoms with Crippen molar-refractivity contribution in [3.8, 4) is 0 Å². The van der Waals surface area contributed by atoms with Crippen molar-refractivity contribution in [1.29, 1.82) is 0 Å². The zero-order valence-electron chi connectivity index (χ0n) is 4.94. The van der Waals surface area contributed by atoms with Gasteiger partial charge >= 0.3 is 29.6 Å². The van der Waals surface area contributed by atoms with E-state index in [1.165, 1.54) is 0 Å². The Balaban J connectivity index is 0. The zero-order chi connectivity index (χ0) is 6.57. The van der Waals surface area contributed by atoms with Crippen LogP contribution in [0.25, 0.3) is 0 Å². The van der Waals surface area contributed by atoms with Crippen molar-refractivity contribution in [2.24, 2.45) is 0 Å². The molecule has 0 aliphatic rings. The molecule has 0 aliphatic carbocycles. The Morgan fingerprint density at radius 1 is 1.67 bits per heavy atom. The maximum absolute atomic E-state index is 9.63. The summed E-state index contributed by atoms with van der Waals surface area (Å²) in [5, 5.41) is 19.2. The summed E-state index contributed by atoms with van der Waals surface area (Å²) < 4.78 is 0. The third kappa shape index (κ3) is 4.53. The van der Waals surface area contributed by atoms with Gasteiger partial charge in [-0.3, -0.25) is 14.9 Å². The van der Waals surface area contributed by atoms with E-state index < -0.39 is 17.6 Å². The summed E-state index contributed by atoms with van der Waals surface area (Å²) in [6, 6.07) is -1.56. The van der Waals surface area contributed by atoms with E-state index in [0.717, 1.165) is 0 Å². The monoisotopic (exact) mass is 141 g/mol. The Bertz CT molecular complexity index is 106. The Morgan fingerprint density at radius 3 is 2.11 bits per heavy atom. The molecule has 0 rings (SSSR count). The van der Waals surface area contributed by atoms with Crippen molar-refractivity contribution >= 4 is 6.29 Å². The fourth-order valence-corrected chi connectivity index (χ4v) is 0.150. The molecular formula is C3H4NNaO4. The van der Waals surface area contributed by atoms with Crippen molar-refractivity contribution in [2.75, 3.05) is 6.61 Å². The van der Waals surface area contributed by atoms with E-state index in [0.29, 0.717) is 0 Å². The number of rotatable bonds is 3. The predicted octanol–water partition coefficient (Wildman–Crippen LogP) is -4.81. The Hall–Kier alpha value is 0.0300. The number of nitro groups is 1. The zero-order valence-corrected chi connectivity index (χ0v) is 6.94. The number of nitrogens with zero attached hydrogens (tertiary/aromatic N) is 1. The van der Waals surface area contributed by atoms with Crippen LogP contribution in [0.15, 0.2) is 0 Å². The third-order valence-electron chi connectivity index (χ3n) is 0.599. The molecule has 0 aliphatic heterocycles. The smallest absolute Gasteiger partial charge is 0.849 e. The third-order valence-corrected chi connectivity index (χ3v) is 0.599. The van der Waals surface area contributed by atoms with Gasteiger partial charge in [-0.2, -0.15) is 0 Å². The van der Waals surface area contributed by atoms with E-state index in [-0.39, 0.29) is 35.8 Å². The van der Waals surface area contributed by atoms with Crippen LogP contribution in [0, 0.1) is 10.1 Å². The van der Waals surface area contributed by atoms with Crippen LogP contribution in [0.2, 0.25) is 0 Å². The quantitative estimate of drug-likeness (QED) is 0.171. The summed E-state index contributed by atoms with van der Waals surface area (Å²) in [7, 11) is 0. The molecule has 6 heteroatoms. The van der Waals surface area contributed by atoms with Gasteiger partial charge in [0.1, 0.15) is 0 Å². The molecule has 0 amide bonds. The van der Waals surface area contributed by atoms with E-state index in [9.17, 15) is 20.0 Å². The normalized spacial score (nSPS) is 11.2. The average molecular weight is 141 g/mol. The standard InChI is InChI=1S/C3H4NO4.Na/c5-1-3(2-6)4(7)8;/h1,3H,2H2;/q-1;+1. The first kappa shape index (κ1) is 11.8. The average Bonchev–Trinajstić information content (AvgIpc) is 1.69. The van der Waals surface area contributed by atoms with Crippen molar-refractivity contribution in [2.45, 2.75) is 6.04 Å². The molecule has 0 saturated heterocycles. The molecular weight excluding hydrogens is 137 g/mol. The van der Waals surface area contributed by atoms with Crippen LogP contribution in [0.4, 0.5) is 0 Å². The molecule has 0 aromatic rings. The molecule has 0 saturated carbocycles. The molecule has 1 unspecified atom stereocenters.